The van der Waals surface area contributed by atoms with Crippen molar-refractivity contribution in [1.29, 1.82) is 0 Å². The maximum Gasteiger partial charge on any atom is 0.0855 e. The Morgan fingerprint density at radius 2 is 2.28 bits per heavy atom. The van der Waals surface area contributed by atoms with Gasteiger partial charge in [-0.1, -0.05) is 20.3 Å². The van der Waals surface area contributed by atoms with E-state index >= 15 is 0 Å². The van der Waals surface area contributed by atoms with E-state index in [2.05, 4.69) is 35.4 Å². The maximum atomic E-state index is 4.56. The molecule has 1 aliphatic heterocycles. The maximum absolute atomic E-state index is 4.56. The lowest BCUT2D eigenvalue weighted by Crippen LogP contribution is -2.37. The summed E-state index contributed by atoms with van der Waals surface area (Å²) in [6, 6.07) is 0.627. The van der Waals surface area contributed by atoms with Crippen molar-refractivity contribution in [2.75, 3.05) is 24.5 Å². The number of nitrogens with zero attached hydrogens (tertiary/aromatic N) is 3. The molecule has 1 atom stereocenters. The van der Waals surface area contributed by atoms with Crippen molar-refractivity contribution >= 4 is 5.69 Å². The van der Waals surface area contributed by atoms with Crippen molar-refractivity contribution in [1.82, 2.24) is 15.1 Å². The van der Waals surface area contributed by atoms with E-state index in [1.54, 1.807) is 0 Å². The second-order valence-electron chi connectivity index (χ2n) is 5.23. The number of aryl methyl sites for hydroxylation is 2. The standard InChI is InChI=1S/C14H26N4/c1-4-7-12-10-18(9-6-8-15-12)14-11-17(3)16-13(14)5-2/h11-12,15H,4-10H2,1-3H3. The second kappa shape index (κ2) is 6.23. The molecule has 0 aromatic carbocycles. The van der Waals surface area contributed by atoms with Crippen LogP contribution in [0.3, 0.4) is 0 Å². The SMILES string of the molecule is CCCC1CN(c2cn(C)nc2CC)CCCN1. The zero-order valence-corrected chi connectivity index (χ0v) is 11.9. The Morgan fingerprint density at radius 1 is 1.44 bits per heavy atom. The molecule has 1 aromatic rings. The minimum Gasteiger partial charge on any atom is -0.367 e. The van der Waals surface area contributed by atoms with Crippen molar-refractivity contribution in [3.8, 4) is 0 Å². The fourth-order valence-corrected chi connectivity index (χ4v) is 2.80. The van der Waals surface area contributed by atoms with Gasteiger partial charge in [-0.2, -0.15) is 5.10 Å². The van der Waals surface area contributed by atoms with Crippen LogP contribution in [0, 0.1) is 0 Å². The summed E-state index contributed by atoms with van der Waals surface area (Å²) in [5.41, 5.74) is 2.57. The summed E-state index contributed by atoms with van der Waals surface area (Å²) in [6.07, 6.45) is 6.92. The fraction of sp³-hybridized carbons (Fsp3) is 0.786. The Bertz CT molecular complexity index is 372. The van der Waals surface area contributed by atoms with Crippen LogP contribution in [0.2, 0.25) is 0 Å². The molecule has 1 saturated heterocycles. The molecule has 4 heteroatoms. The average molecular weight is 250 g/mol. The highest BCUT2D eigenvalue weighted by molar-refractivity contribution is 5.49. The van der Waals surface area contributed by atoms with Crippen LogP contribution in [0.15, 0.2) is 6.20 Å². The molecule has 0 radical (unpaired) electrons. The van der Waals surface area contributed by atoms with E-state index in [1.807, 2.05) is 11.7 Å². The minimum atomic E-state index is 0.627. The van der Waals surface area contributed by atoms with Gasteiger partial charge >= 0.3 is 0 Å². The molecule has 2 rings (SSSR count). The van der Waals surface area contributed by atoms with Gasteiger partial charge in [-0.05, 0) is 25.8 Å². The van der Waals surface area contributed by atoms with Gasteiger partial charge in [0.2, 0.25) is 0 Å². The molecular weight excluding hydrogens is 224 g/mol. The molecule has 2 heterocycles. The lowest BCUT2D eigenvalue weighted by Gasteiger charge is -2.25. The van der Waals surface area contributed by atoms with Gasteiger partial charge in [-0.15, -0.1) is 0 Å². The smallest absolute Gasteiger partial charge is 0.0855 e. The number of hydrogen-bond donors (Lipinski definition) is 1. The number of rotatable bonds is 4. The summed E-state index contributed by atoms with van der Waals surface area (Å²) in [5.74, 6) is 0. The zero-order valence-electron chi connectivity index (χ0n) is 11.9. The van der Waals surface area contributed by atoms with E-state index in [4.69, 9.17) is 0 Å². The van der Waals surface area contributed by atoms with Gasteiger partial charge < -0.3 is 10.2 Å². The van der Waals surface area contributed by atoms with Gasteiger partial charge in [-0.25, -0.2) is 0 Å². The normalized spacial score (nSPS) is 21.1. The summed E-state index contributed by atoms with van der Waals surface area (Å²) in [4.78, 5) is 2.52. The van der Waals surface area contributed by atoms with E-state index in [0.29, 0.717) is 6.04 Å². The predicted octanol–water partition coefficient (Wildman–Crippen LogP) is 1.95. The predicted molar refractivity (Wildman–Crippen MR) is 76.1 cm³/mol. The van der Waals surface area contributed by atoms with Crippen molar-refractivity contribution in [3.05, 3.63) is 11.9 Å². The van der Waals surface area contributed by atoms with E-state index in [-0.39, 0.29) is 0 Å². The molecule has 1 unspecified atom stereocenters. The summed E-state index contributed by atoms with van der Waals surface area (Å²) >= 11 is 0. The van der Waals surface area contributed by atoms with Gasteiger partial charge in [0.15, 0.2) is 0 Å². The Labute approximate surface area is 110 Å². The van der Waals surface area contributed by atoms with Crippen LogP contribution in [0.25, 0.3) is 0 Å². The lowest BCUT2D eigenvalue weighted by molar-refractivity contribution is 0.502. The minimum absolute atomic E-state index is 0.627. The number of anilines is 1. The lowest BCUT2D eigenvalue weighted by atomic mass is 10.1. The van der Waals surface area contributed by atoms with Gasteiger partial charge in [0.05, 0.1) is 11.4 Å². The molecule has 18 heavy (non-hydrogen) atoms. The third-order valence-electron chi connectivity index (χ3n) is 3.67. The van der Waals surface area contributed by atoms with Crippen LogP contribution in [0.4, 0.5) is 5.69 Å². The monoisotopic (exact) mass is 250 g/mol. The van der Waals surface area contributed by atoms with Crippen LogP contribution >= 0.6 is 0 Å². The van der Waals surface area contributed by atoms with Crippen molar-refractivity contribution < 1.29 is 0 Å². The van der Waals surface area contributed by atoms with Gasteiger partial charge in [0.1, 0.15) is 0 Å². The topological polar surface area (TPSA) is 33.1 Å². The summed E-state index contributed by atoms with van der Waals surface area (Å²) < 4.78 is 1.95. The molecule has 1 N–H and O–H groups in total. The molecule has 102 valence electrons. The first-order chi connectivity index (χ1) is 8.74. The highest BCUT2D eigenvalue weighted by atomic mass is 15.3. The van der Waals surface area contributed by atoms with E-state index in [9.17, 15) is 0 Å². The molecule has 4 nitrogen and oxygen atoms in total. The highest BCUT2D eigenvalue weighted by Crippen LogP contribution is 2.21. The number of hydrogen-bond acceptors (Lipinski definition) is 3. The molecule has 0 amide bonds. The summed E-state index contributed by atoms with van der Waals surface area (Å²) in [5, 5.41) is 8.22. The van der Waals surface area contributed by atoms with E-state index in [1.165, 1.54) is 30.6 Å². The van der Waals surface area contributed by atoms with E-state index < -0.39 is 0 Å². The zero-order chi connectivity index (χ0) is 13.0. The average Bonchev–Trinajstić information content (AvgIpc) is 2.59. The molecule has 0 bridgehead atoms. The van der Waals surface area contributed by atoms with Crippen LogP contribution in [0.1, 0.15) is 38.8 Å². The summed E-state index contributed by atoms with van der Waals surface area (Å²) in [7, 11) is 2.02. The highest BCUT2D eigenvalue weighted by Gasteiger charge is 2.20. The third-order valence-corrected chi connectivity index (χ3v) is 3.67. The Balaban J connectivity index is 2.14. The molecular formula is C14H26N4. The van der Waals surface area contributed by atoms with Crippen LogP contribution < -0.4 is 10.2 Å². The van der Waals surface area contributed by atoms with Gasteiger partial charge in [-0.3, -0.25) is 4.68 Å². The second-order valence-corrected chi connectivity index (χ2v) is 5.23. The first kappa shape index (κ1) is 13.4. The first-order valence-electron chi connectivity index (χ1n) is 7.25. The molecule has 0 spiro atoms. The van der Waals surface area contributed by atoms with E-state index in [0.717, 1.165) is 26.1 Å². The van der Waals surface area contributed by atoms with Crippen molar-refractivity contribution in [2.45, 2.75) is 45.6 Å². The van der Waals surface area contributed by atoms with Gasteiger partial charge in [0.25, 0.3) is 0 Å². The Kier molecular flexibility index (Phi) is 4.64. The first-order valence-corrected chi connectivity index (χ1v) is 7.25. The number of nitrogens with one attached hydrogen (secondary N) is 1. The van der Waals surface area contributed by atoms with Gasteiger partial charge in [0, 0.05) is 32.4 Å². The van der Waals surface area contributed by atoms with Crippen molar-refractivity contribution in [2.24, 2.45) is 7.05 Å². The largest absolute Gasteiger partial charge is 0.367 e. The molecule has 0 aliphatic carbocycles. The third kappa shape index (κ3) is 3.05. The number of aromatic nitrogens is 2. The van der Waals surface area contributed by atoms with Crippen LogP contribution in [-0.2, 0) is 13.5 Å². The molecule has 1 aliphatic rings. The van der Waals surface area contributed by atoms with Crippen LogP contribution in [-0.4, -0.2) is 35.5 Å². The molecule has 1 fully saturated rings. The molecule has 1 aromatic heterocycles. The molecule has 0 saturated carbocycles. The Hall–Kier alpha value is -1.03. The Morgan fingerprint density at radius 3 is 3.00 bits per heavy atom. The fourth-order valence-electron chi connectivity index (χ4n) is 2.80. The summed E-state index contributed by atoms with van der Waals surface area (Å²) in [6.45, 7) is 7.85. The quantitative estimate of drug-likeness (QED) is 0.886. The van der Waals surface area contributed by atoms with Crippen molar-refractivity contribution in [3.63, 3.8) is 0 Å². The van der Waals surface area contributed by atoms with Crippen LogP contribution in [0.5, 0.6) is 0 Å².